The molecule has 1 fully saturated rings. The fourth-order valence-corrected chi connectivity index (χ4v) is 2.56. The van der Waals surface area contributed by atoms with E-state index in [0.29, 0.717) is 13.1 Å². The molecule has 1 aromatic rings. The molecular weight excluding hydrogens is 295 g/mol. The van der Waals surface area contributed by atoms with Crippen LogP contribution in [0.4, 0.5) is 18.9 Å². The Balaban J connectivity index is 1.93. The van der Waals surface area contributed by atoms with Crippen molar-refractivity contribution in [2.45, 2.75) is 25.4 Å². The molecule has 0 atom stereocenters. The number of halogens is 3. The summed E-state index contributed by atoms with van der Waals surface area (Å²) in [5.74, 6) is -0.533. The third-order valence-electron chi connectivity index (χ3n) is 3.71. The Morgan fingerprint density at radius 1 is 1.18 bits per heavy atom. The molecule has 1 heterocycles. The maximum Gasteiger partial charge on any atom is 0.416 e. The molecule has 7 heteroatoms. The number of carbonyl (C=O) groups excluding carboxylic acids is 1. The van der Waals surface area contributed by atoms with Crippen LogP contribution in [0.3, 0.4) is 0 Å². The second kappa shape index (κ2) is 7.00. The van der Waals surface area contributed by atoms with Gasteiger partial charge in [0.25, 0.3) is 5.91 Å². The number of piperidine rings is 1. The standard InChI is InChI=1S/C15H20F3N3O/c16-15(17,18)12-8-11(9-13(19)10-12)14(22)20-4-7-21-5-2-1-3-6-21/h8-10H,1-7,19H2,(H,20,22). The summed E-state index contributed by atoms with van der Waals surface area (Å²) >= 11 is 0. The van der Waals surface area contributed by atoms with E-state index in [2.05, 4.69) is 10.2 Å². The summed E-state index contributed by atoms with van der Waals surface area (Å²) in [6, 6.07) is 2.91. The van der Waals surface area contributed by atoms with E-state index < -0.39 is 17.6 Å². The number of nitrogens with zero attached hydrogens (tertiary/aromatic N) is 1. The number of carbonyl (C=O) groups is 1. The second-order valence-electron chi connectivity index (χ2n) is 5.50. The molecule has 0 bridgehead atoms. The fourth-order valence-electron chi connectivity index (χ4n) is 2.56. The number of amides is 1. The third kappa shape index (κ3) is 4.62. The van der Waals surface area contributed by atoms with Crippen molar-refractivity contribution in [3.63, 3.8) is 0 Å². The van der Waals surface area contributed by atoms with Gasteiger partial charge in [-0.15, -0.1) is 0 Å². The van der Waals surface area contributed by atoms with Crippen molar-refractivity contribution in [1.82, 2.24) is 10.2 Å². The summed E-state index contributed by atoms with van der Waals surface area (Å²) in [7, 11) is 0. The molecule has 0 aromatic heterocycles. The van der Waals surface area contributed by atoms with Gasteiger partial charge in [-0.1, -0.05) is 6.42 Å². The number of nitrogen functional groups attached to an aromatic ring is 1. The van der Waals surface area contributed by atoms with Crippen molar-refractivity contribution in [1.29, 1.82) is 0 Å². The first-order chi connectivity index (χ1) is 10.4. The van der Waals surface area contributed by atoms with Crippen LogP contribution in [0, 0.1) is 0 Å². The van der Waals surface area contributed by atoms with Crippen LogP contribution >= 0.6 is 0 Å². The van der Waals surface area contributed by atoms with E-state index in [4.69, 9.17) is 5.73 Å². The summed E-state index contributed by atoms with van der Waals surface area (Å²) < 4.78 is 38.1. The SMILES string of the molecule is Nc1cc(C(=O)NCCN2CCCCC2)cc(C(F)(F)F)c1. The molecule has 1 saturated heterocycles. The average Bonchev–Trinajstić information content (AvgIpc) is 2.46. The highest BCUT2D eigenvalue weighted by atomic mass is 19.4. The van der Waals surface area contributed by atoms with Gasteiger partial charge in [-0.05, 0) is 44.1 Å². The quantitative estimate of drug-likeness (QED) is 0.839. The van der Waals surface area contributed by atoms with Gasteiger partial charge in [0.05, 0.1) is 5.56 Å². The van der Waals surface area contributed by atoms with Gasteiger partial charge >= 0.3 is 6.18 Å². The third-order valence-corrected chi connectivity index (χ3v) is 3.71. The Kier molecular flexibility index (Phi) is 5.28. The molecular formula is C15H20F3N3O. The predicted molar refractivity (Wildman–Crippen MR) is 78.5 cm³/mol. The number of hydrogen-bond donors (Lipinski definition) is 2. The molecule has 22 heavy (non-hydrogen) atoms. The zero-order chi connectivity index (χ0) is 16.2. The van der Waals surface area contributed by atoms with Gasteiger partial charge in [-0.25, -0.2) is 0 Å². The lowest BCUT2D eigenvalue weighted by Gasteiger charge is -2.26. The minimum Gasteiger partial charge on any atom is -0.399 e. The fraction of sp³-hybridized carbons (Fsp3) is 0.533. The molecule has 0 aliphatic carbocycles. The molecule has 3 N–H and O–H groups in total. The van der Waals surface area contributed by atoms with Gasteiger partial charge in [-0.3, -0.25) is 4.79 Å². The lowest BCUT2D eigenvalue weighted by atomic mass is 10.1. The molecule has 1 aliphatic heterocycles. The van der Waals surface area contributed by atoms with E-state index in [1.165, 1.54) is 12.5 Å². The van der Waals surface area contributed by atoms with Gasteiger partial charge in [0.15, 0.2) is 0 Å². The van der Waals surface area contributed by atoms with Crippen LogP contribution in [0.15, 0.2) is 18.2 Å². The number of benzene rings is 1. The number of nitrogens with two attached hydrogens (primary N) is 1. The molecule has 1 aromatic carbocycles. The molecule has 1 amide bonds. The molecule has 4 nitrogen and oxygen atoms in total. The van der Waals surface area contributed by atoms with Crippen molar-refractivity contribution in [3.05, 3.63) is 29.3 Å². The summed E-state index contributed by atoms with van der Waals surface area (Å²) in [4.78, 5) is 14.2. The van der Waals surface area contributed by atoms with E-state index in [0.717, 1.165) is 38.1 Å². The monoisotopic (exact) mass is 315 g/mol. The Morgan fingerprint density at radius 3 is 2.50 bits per heavy atom. The number of likely N-dealkylation sites (tertiary alicyclic amines) is 1. The molecule has 0 saturated carbocycles. The highest BCUT2D eigenvalue weighted by Crippen LogP contribution is 2.31. The largest absolute Gasteiger partial charge is 0.416 e. The van der Waals surface area contributed by atoms with Gasteiger partial charge in [0.1, 0.15) is 0 Å². The Morgan fingerprint density at radius 2 is 1.86 bits per heavy atom. The van der Waals surface area contributed by atoms with Crippen LogP contribution < -0.4 is 11.1 Å². The van der Waals surface area contributed by atoms with Crippen LogP contribution in [0.5, 0.6) is 0 Å². The zero-order valence-corrected chi connectivity index (χ0v) is 12.2. The molecule has 122 valence electrons. The smallest absolute Gasteiger partial charge is 0.399 e. The predicted octanol–water partition coefficient (Wildman–Crippen LogP) is 2.50. The van der Waals surface area contributed by atoms with Crippen molar-refractivity contribution >= 4 is 11.6 Å². The van der Waals surface area contributed by atoms with E-state index in [1.807, 2.05) is 0 Å². The molecule has 0 radical (unpaired) electrons. The number of anilines is 1. The van der Waals surface area contributed by atoms with Gasteiger partial charge in [0, 0.05) is 24.3 Å². The van der Waals surface area contributed by atoms with E-state index in [9.17, 15) is 18.0 Å². The number of rotatable bonds is 4. The lowest BCUT2D eigenvalue weighted by molar-refractivity contribution is -0.137. The van der Waals surface area contributed by atoms with E-state index >= 15 is 0 Å². The Bertz CT molecular complexity index is 525. The Labute approximate surface area is 127 Å². The lowest BCUT2D eigenvalue weighted by Crippen LogP contribution is -2.37. The van der Waals surface area contributed by atoms with Crippen LogP contribution in [0.2, 0.25) is 0 Å². The van der Waals surface area contributed by atoms with Crippen LogP contribution in [-0.2, 0) is 6.18 Å². The minimum atomic E-state index is -4.52. The maximum atomic E-state index is 12.7. The van der Waals surface area contributed by atoms with Gasteiger partial charge in [0.2, 0.25) is 0 Å². The van der Waals surface area contributed by atoms with Crippen LogP contribution in [0.25, 0.3) is 0 Å². The van der Waals surface area contributed by atoms with Gasteiger partial charge < -0.3 is 16.0 Å². The summed E-state index contributed by atoms with van der Waals surface area (Å²) in [6.07, 6.45) is -0.985. The second-order valence-corrected chi connectivity index (χ2v) is 5.50. The minimum absolute atomic E-state index is 0.0639. The highest BCUT2D eigenvalue weighted by Gasteiger charge is 2.31. The van der Waals surface area contributed by atoms with Crippen molar-refractivity contribution in [2.75, 3.05) is 31.9 Å². The summed E-state index contributed by atoms with van der Waals surface area (Å²) in [5.41, 5.74) is 4.41. The first-order valence-corrected chi connectivity index (χ1v) is 7.34. The maximum absolute atomic E-state index is 12.7. The van der Waals surface area contributed by atoms with Gasteiger partial charge in [-0.2, -0.15) is 13.2 Å². The van der Waals surface area contributed by atoms with E-state index in [-0.39, 0.29) is 11.3 Å². The topological polar surface area (TPSA) is 58.4 Å². The Hall–Kier alpha value is -1.76. The average molecular weight is 315 g/mol. The highest BCUT2D eigenvalue weighted by molar-refractivity contribution is 5.95. The first kappa shape index (κ1) is 16.6. The zero-order valence-electron chi connectivity index (χ0n) is 12.2. The van der Waals surface area contributed by atoms with E-state index in [1.54, 1.807) is 0 Å². The molecule has 2 rings (SSSR count). The van der Waals surface area contributed by atoms with Crippen LogP contribution in [0.1, 0.15) is 35.2 Å². The van der Waals surface area contributed by atoms with Crippen molar-refractivity contribution in [2.24, 2.45) is 0 Å². The number of alkyl halides is 3. The molecule has 0 unspecified atom stereocenters. The summed E-state index contributed by atoms with van der Waals surface area (Å²) in [5, 5.41) is 2.65. The normalized spacial score (nSPS) is 16.5. The summed E-state index contributed by atoms with van der Waals surface area (Å²) in [6.45, 7) is 3.13. The van der Waals surface area contributed by atoms with Crippen LogP contribution in [-0.4, -0.2) is 37.0 Å². The van der Waals surface area contributed by atoms with Crippen molar-refractivity contribution in [3.8, 4) is 0 Å². The molecule has 0 spiro atoms. The molecule has 1 aliphatic rings. The first-order valence-electron chi connectivity index (χ1n) is 7.34. The number of nitrogens with one attached hydrogen (secondary N) is 1. The number of hydrogen-bond acceptors (Lipinski definition) is 3. The van der Waals surface area contributed by atoms with Crippen molar-refractivity contribution < 1.29 is 18.0 Å².